The highest BCUT2D eigenvalue weighted by Gasteiger charge is 2.10. The summed E-state index contributed by atoms with van der Waals surface area (Å²) < 4.78 is 0. The van der Waals surface area contributed by atoms with Gasteiger partial charge in [-0.15, -0.1) is 0 Å². The maximum Gasteiger partial charge on any atom is 0.106 e. The Kier molecular flexibility index (Phi) is 4.72. The SMILES string of the molecule is CCCNC(=S)c1ccccc1C(C)O. The molecule has 0 aliphatic rings. The van der Waals surface area contributed by atoms with Gasteiger partial charge in [0.25, 0.3) is 0 Å². The molecule has 0 fully saturated rings. The van der Waals surface area contributed by atoms with Crippen molar-refractivity contribution in [2.75, 3.05) is 6.54 Å². The lowest BCUT2D eigenvalue weighted by Crippen LogP contribution is -2.24. The number of thiocarbonyl (C=S) groups is 1. The number of aliphatic hydroxyl groups excluding tert-OH is 1. The molecule has 1 rings (SSSR count). The number of hydrogen-bond acceptors (Lipinski definition) is 2. The molecule has 0 bridgehead atoms. The summed E-state index contributed by atoms with van der Waals surface area (Å²) in [6, 6.07) is 7.68. The highest BCUT2D eigenvalue weighted by Crippen LogP contribution is 2.17. The van der Waals surface area contributed by atoms with E-state index in [1.807, 2.05) is 24.3 Å². The molecule has 0 amide bonds. The van der Waals surface area contributed by atoms with Gasteiger partial charge in [0.05, 0.1) is 6.10 Å². The van der Waals surface area contributed by atoms with E-state index >= 15 is 0 Å². The van der Waals surface area contributed by atoms with Crippen molar-refractivity contribution in [2.24, 2.45) is 0 Å². The molecule has 0 saturated carbocycles. The number of aliphatic hydroxyl groups is 1. The van der Waals surface area contributed by atoms with Crippen LogP contribution in [0, 0.1) is 0 Å². The lowest BCUT2D eigenvalue weighted by atomic mass is 10.0. The van der Waals surface area contributed by atoms with E-state index in [1.165, 1.54) is 0 Å². The molecule has 0 saturated heterocycles. The predicted octanol–water partition coefficient (Wildman–Crippen LogP) is 2.42. The van der Waals surface area contributed by atoms with Gasteiger partial charge < -0.3 is 10.4 Å². The Morgan fingerprint density at radius 1 is 1.47 bits per heavy atom. The Balaban J connectivity index is 2.87. The third-order valence-electron chi connectivity index (χ3n) is 2.19. The first-order valence-corrected chi connectivity index (χ1v) is 5.62. The van der Waals surface area contributed by atoms with Gasteiger partial charge in [-0.3, -0.25) is 0 Å². The smallest absolute Gasteiger partial charge is 0.106 e. The first kappa shape index (κ1) is 12.1. The molecule has 3 heteroatoms. The molecule has 0 radical (unpaired) electrons. The second kappa shape index (κ2) is 5.83. The van der Waals surface area contributed by atoms with Crippen molar-refractivity contribution in [1.29, 1.82) is 0 Å². The van der Waals surface area contributed by atoms with Crippen LogP contribution in [0.1, 0.15) is 37.5 Å². The molecule has 1 aromatic rings. The zero-order chi connectivity index (χ0) is 11.3. The van der Waals surface area contributed by atoms with Crippen LogP contribution in [-0.4, -0.2) is 16.6 Å². The molecular weight excluding hydrogens is 206 g/mol. The zero-order valence-corrected chi connectivity index (χ0v) is 9.97. The molecule has 0 spiro atoms. The van der Waals surface area contributed by atoms with Gasteiger partial charge in [0.15, 0.2) is 0 Å². The molecule has 0 aliphatic heterocycles. The van der Waals surface area contributed by atoms with Crippen LogP contribution in [0.3, 0.4) is 0 Å². The van der Waals surface area contributed by atoms with Crippen molar-refractivity contribution in [1.82, 2.24) is 5.32 Å². The topological polar surface area (TPSA) is 32.3 Å². The molecule has 2 N–H and O–H groups in total. The molecule has 82 valence electrons. The van der Waals surface area contributed by atoms with E-state index < -0.39 is 6.10 Å². The summed E-state index contributed by atoms with van der Waals surface area (Å²) in [6.07, 6.45) is 0.555. The van der Waals surface area contributed by atoms with Crippen LogP contribution in [0.25, 0.3) is 0 Å². The Bertz CT molecular complexity index is 336. The van der Waals surface area contributed by atoms with Crippen LogP contribution in [0.4, 0.5) is 0 Å². The number of hydrogen-bond donors (Lipinski definition) is 2. The Hall–Kier alpha value is -0.930. The Labute approximate surface area is 96.3 Å². The minimum Gasteiger partial charge on any atom is -0.389 e. The van der Waals surface area contributed by atoms with E-state index in [-0.39, 0.29) is 0 Å². The van der Waals surface area contributed by atoms with E-state index in [4.69, 9.17) is 12.2 Å². The second-order valence-corrected chi connectivity index (χ2v) is 3.93. The molecule has 0 aromatic heterocycles. The quantitative estimate of drug-likeness (QED) is 0.769. The van der Waals surface area contributed by atoms with Crippen molar-refractivity contribution >= 4 is 17.2 Å². The van der Waals surface area contributed by atoms with Crippen molar-refractivity contribution in [2.45, 2.75) is 26.4 Å². The average Bonchev–Trinajstić information content (AvgIpc) is 2.25. The number of rotatable bonds is 4. The summed E-state index contributed by atoms with van der Waals surface area (Å²) in [6.45, 7) is 4.71. The summed E-state index contributed by atoms with van der Waals surface area (Å²) in [4.78, 5) is 0.716. The van der Waals surface area contributed by atoms with Crippen LogP contribution in [0.15, 0.2) is 24.3 Å². The van der Waals surface area contributed by atoms with E-state index in [2.05, 4.69) is 12.2 Å². The highest BCUT2D eigenvalue weighted by molar-refractivity contribution is 7.80. The summed E-state index contributed by atoms with van der Waals surface area (Å²) in [5.41, 5.74) is 1.81. The fraction of sp³-hybridized carbons (Fsp3) is 0.417. The average molecular weight is 223 g/mol. The Morgan fingerprint density at radius 3 is 2.73 bits per heavy atom. The van der Waals surface area contributed by atoms with Crippen molar-refractivity contribution in [3.05, 3.63) is 35.4 Å². The normalized spacial score (nSPS) is 12.2. The monoisotopic (exact) mass is 223 g/mol. The van der Waals surface area contributed by atoms with E-state index in [0.717, 1.165) is 24.1 Å². The highest BCUT2D eigenvalue weighted by atomic mass is 32.1. The van der Waals surface area contributed by atoms with Gasteiger partial charge in [-0.25, -0.2) is 0 Å². The van der Waals surface area contributed by atoms with Crippen LogP contribution in [0.2, 0.25) is 0 Å². The van der Waals surface area contributed by atoms with Crippen LogP contribution >= 0.6 is 12.2 Å². The van der Waals surface area contributed by atoms with Crippen LogP contribution in [-0.2, 0) is 0 Å². The minimum atomic E-state index is -0.484. The Morgan fingerprint density at radius 2 is 2.13 bits per heavy atom. The zero-order valence-electron chi connectivity index (χ0n) is 9.16. The third-order valence-corrected chi connectivity index (χ3v) is 2.56. The molecule has 15 heavy (non-hydrogen) atoms. The maximum absolute atomic E-state index is 9.59. The van der Waals surface area contributed by atoms with Crippen molar-refractivity contribution in [3.8, 4) is 0 Å². The largest absolute Gasteiger partial charge is 0.389 e. The lowest BCUT2D eigenvalue weighted by Gasteiger charge is -2.13. The molecular formula is C12H17NOS. The number of nitrogens with one attached hydrogen (secondary N) is 1. The van der Waals surface area contributed by atoms with Crippen molar-refractivity contribution in [3.63, 3.8) is 0 Å². The second-order valence-electron chi connectivity index (χ2n) is 3.52. The molecule has 1 aromatic carbocycles. The van der Waals surface area contributed by atoms with Crippen LogP contribution < -0.4 is 5.32 Å². The molecule has 0 aliphatic carbocycles. The minimum absolute atomic E-state index is 0.484. The summed E-state index contributed by atoms with van der Waals surface area (Å²) in [7, 11) is 0. The number of benzene rings is 1. The lowest BCUT2D eigenvalue weighted by molar-refractivity contribution is 0.199. The van der Waals surface area contributed by atoms with Gasteiger partial charge in [-0.2, -0.15) is 0 Å². The van der Waals surface area contributed by atoms with E-state index in [1.54, 1.807) is 6.92 Å². The van der Waals surface area contributed by atoms with Gasteiger partial charge in [-0.05, 0) is 18.9 Å². The first-order chi connectivity index (χ1) is 7.16. The van der Waals surface area contributed by atoms with Gasteiger partial charge in [0.1, 0.15) is 4.99 Å². The van der Waals surface area contributed by atoms with Gasteiger partial charge in [0, 0.05) is 12.1 Å². The van der Waals surface area contributed by atoms with E-state index in [9.17, 15) is 5.11 Å². The van der Waals surface area contributed by atoms with Gasteiger partial charge >= 0.3 is 0 Å². The molecule has 0 heterocycles. The summed E-state index contributed by atoms with van der Waals surface area (Å²) in [5, 5.41) is 12.8. The molecule has 1 atom stereocenters. The fourth-order valence-corrected chi connectivity index (χ4v) is 1.69. The molecule has 2 nitrogen and oxygen atoms in total. The summed E-state index contributed by atoms with van der Waals surface area (Å²) >= 11 is 5.27. The predicted molar refractivity (Wildman–Crippen MR) is 67.1 cm³/mol. The standard InChI is InChI=1S/C12H17NOS/c1-3-8-13-12(15)11-7-5-4-6-10(11)9(2)14/h4-7,9,14H,3,8H2,1-2H3,(H,13,15). The third kappa shape index (κ3) is 3.29. The maximum atomic E-state index is 9.59. The molecule has 1 unspecified atom stereocenters. The summed E-state index contributed by atoms with van der Waals surface area (Å²) in [5.74, 6) is 0. The van der Waals surface area contributed by atoms with Crippen molar-refractivity contribution < 1.29 is 5.11 Å². The van der Waals surface area contributed by atoms with Gasteiger partial charge in [0.2, 0.25) is 0 Å². The van der Waals surface area contributed by atoms with Crippen LogP contribution in [0.5, 0.6) is 0 Å². The van der Waals surface area contributed by atoms with Gasteiger partial charge in [-0.1, -0.05) is 43.4 Å². The fourth-order valence-electron chi connectivity index (χ4n) is 1.40. The first-order valence-electron chi connectivity index (χ1n) is 5.22. The van der Waals surface area contributed by atoms with E-state index in [0.29, 0.717) is 4.99 Å².